The molecule has 1 aromatic heterocycles. The van der Waals surface area contributed by atoms with E-state index in [4.69, 9.17) is 5.73 Å². The van der Waals surface area contributed by atoms with E-state index in [-0.39, 0.29) is 5.75 Å². The molecule has 1 aromatic carbocycles. The molecule has 0 saturated carbocycles. The highest BCUT2D eigenvalue weighted by Gasteiger charge is 2.15. The predicted octanol–water partition coefficient (Wildman–Crippen LogP) is 2.10. The molecule has 0 unspecified atom stereocenters. The van der Waals surface area contributed by atoms with Gasteiger partial charge in [0.15, 0.2) is 0 Å². The number of hydrogen-bond donors (Lipinski definition) is 2. The van der Waals surface area contributed by atoms with Crippen LogP contribution in [0.3, 0.4) is 0 Å². The highest BCUT2D eigenvalue weighted by atomic mass is 32.2. The molecular weight excluding hydrogens is 286 g/mol. The number of hydrogen-bond acceptors (Lipinski definition) is 4. The molecule has 0 radical (unpaired) electrons. The first-order chi connectivity index (χ1) is 9.91. The van der Waals surface area contributed by atoms with E-state index in [9.17, 15) is 8.42 Å². The lowest BCUT2D eigenvalue weighted by Gasteiger charge is -2.12. The zero-order valence-electron chi connectivity index (χ0n) is 12.1. The number of rotatable bonds is 5. The van der Waals surface area contributed by atoms with Gasteiger partial charge < -0.3 is 5.73 Å². The molecule has 3 N–H and O–H groups in total. The van der Waals surface area contributed by atoms with Crippen LogP contribution in [0, 0.1) is 13.8 Å². The summed E-state index contributed by atoms with van der Waals surface area (Å²) < 4.78 is 27.2. The Labute approximate surface area is 125 Å². The lowest BCUT2D eigenvalue weighted by atomic mass is 10.1. The van der Waals surface area contributed by atoms with Gasteiger partial charge in [0.25, 0.3) is 0 Å². The fourth-order valence-corrected chi connectivity index (χ4v) is 3.41. The largest absolute Gasteiger partial charge is 0.326 e. The second-order valence-corrected chi connectivity index (χ2v) is 6.64. The number of aromatic nitrogens is 1. The molecule has 2 aromatic rings. The minimum Gasteiger partial charge on any atom is -0.326 e. The molecule has 0 bridgehead atoms. The lowest BCUT2D eigenvalue weighted by molar-refractivity contribution is 0.600. The number of nitrogens with two attached hydrogens (primary N) is 1. The van der Waals surface area contributed by atoms with Crippen molar-refractivity contribution in [3.05, 3.63) is 58.9 Å². The lowest BCUT2D eigenvalue weighted by Crippen LogP contribution is -2.17. The smallest absolute Gasteiger partial charge is 0.236 e. The molecule has 0 aliphatic carbocycles. The summed E-state index contributed by atoms with van der Waals surface area (Å²) in [6.45, 7) is 3.96. The van der Waals surface area contributed by atoms with Gasteiger partial charge in [0.2, 0.25) is 10.0 Å². The maximum atomic E-state index is 12.3. The van der Waals surface area contributed by atoms with E-state index < -0.39 is 10.0 Å². The average molecular weight is 305 g/mol. The van der Waals surface area contributed by atoms with Crippen LogP contribution in [0.25, 0.3) is 0 Å². The third kappa shape index (κ3) is 4.03. The fraction of sp³-hybridized carbons (Fsp3) is 0.267. The van der Waals surface area contributed by atoms with Crippen LogP contribution in [0.5, 0.6) is 0 Å². The zero-order chi connectivity index (χ0) is 15.5. The SMILES string of the molecule is Cc1ccc(NS(=O)(=O)Cc2ccccc2CN)c(C)n1. The number of benzene rings is 1. The molecule has 0 amide bonds. The van der Waals surface area contributed by atoms with Crippen molar-refractivity contribution in [2.75, 3.05) is 4.72 Å². The number of sulfonamides is 1. The Hall–Kier alpha value is -1.92. The second kappa shape index (κ2) is 6.24. The highest BCUT2D eigenvalue weighted by Crippen LogP contribution is 2.18. The van der Waals surface area contributed by atoms with Gasteiger partial charge in [-0.1, -0.05) is 24.3 Å². The normalized spacial score (nSPS) is 11.4. The summed E-state index contributed by atoms with van der Waals surface area (Å²) in [7, 11) is -3.50. The van der Waals surface area contributed by atoms with Gasteiger partial charge >= 0.3 is 0 Å². The third-order valence-corrected chi connectivity index (χ3v) is 4.40. The summed E-state index contributed by atoms with van der Waals surface area (Å²) in [5.74, 6) is -0.103. The van der Waals surface area contributed by atoms with Gasteiger partial charge in [-0.15, -0.1) is 0 Å². The summed E-state index contributed by atoms with van der Waals surface area (Å²) in [5, 5.41) is 0. The molecule has 0 aliphatic rings. The van der Waals surface area contributed by atoms with Crippen molar-refractivity contribution in [2.24, 2.45) is 5.73 Å². The van der Waals surface area contributed by atoms with Gasteiger partial charge in [0.05, 0.1) is 17.1 Å². The van der Waals surface area contributed by atoms with E-state index in [1.54, 1.807) is 25.1 Å². The van der Waals surface area contributed by atoms with Gasteiger partial charge in [-0.05, 0) is 37.1 Å². The molecule has 0 spiro atoms. The Bertz CT molecular complexity index is 742. The molecule has 0 saturated heterocycles. The average Bonchev–Trinajstić information content (AvgIpc) is 2.42. The molecule has 0 atom stereocenters. The summed E-state index contributed by atoms with van der Waals surface area (Å²) in [6, 6.07) is 10.8. The predicted molar refractivity (Wildman–Crippen MR) is 84.3 cm³/mol. The second-order valence-electron chi connectivity index (χ2n) is 4.92. The highest BCUT2D eigenvalue weighted by molar-refractivity contribution is 7.91. The van der Waals surface area contributed by atoms with Crippen molar-refractivity contribution in [2.45, 2.75) is 26.1 Å². The van der Waals surface area contributed by atoms with Crippen LogP contribution in [0.15, 0.2) is 36.4 Å². The minimum absolute atomic E-state index is 0.103. The molecule has 2 rings (SSSR count). The molecule has 1 heterocycles. The Kier molecular flexibility index (Phi) is 4.59. The third-order valence-electron chi connectivity index (χ3n) is 3.17. The Morgan fingerprint density at radius 2 is 1.76 bits per heavy atom. The van der Waals surface area contributed by atoms with E-state index in [2.05, 4.69) is 9.71 Å². The quantitative estimate of drug-likeness (QED) is 0.886. The first kappa shape index (κ1) is 15.5. The molecule has 0 aliphatic heterocycles. The van der Waals surface area contributed by atoms with Crippen LogP contribution in [-0.2, 0) is 22.3 Å². The molecule has 112 valence electrons. The van der Waals surface area contributed by atoms with Crippen molar-refractivity contribution in [3.63, 3.8) is 0 Å². The van der Waals surface area contributed by atoms with Crippen LogP contribution in [0.1, 0.15) is 22.5 Å². The van der Waals surface area contributed by atoms with Crippen molar-refractivity contribution >= 4 is 15.7 Å². The molecule has 5 nitrogen and oxygen atoms in total. The van der Waals surface area contributed by atoms with E-state index in [1.807, 2.05) is 25.1 Å². The summed E-state index contributed by atoms with van der Waals surface area (Å²) in [6.07, 6.45) is 0. The molecule has 21 heavy (non-hydrogen) atoms. The topological polar surface area (TPSA) is 85.1 Å². The van der Waals surface area contributed by atoms with Gasteiger partial charge in [-0.25, -0.2) is 8.42 Å². The van der Waals surface area contributed by atoms with E-state index in [0.29, 0.717) is 23.5 Å². The first-order valence-corrected chi connectivity index (χ1v) is 8.28. The van der Waals surface area contributed by atoms with Gasteiger partial charge in [-0.3, -0.25) is 9.71 Å². The maximum absolute atomic E-state index is 12.3. The molecule has 0 fully saturated rings. The summed E-state index contributed by atoms with van der Waals surface area (Å²) >= 11 is 0. The monoisotopic (exact) mass is 305 g/mol. The number of nitrogens with one attached hydrogen (secondary N) is 1. The van der Waals surface area contributed by atoms with Crippen molar-refractivity contribution < 1.29 is 8.42 Å². The zero-order valence-corrected chi connectivity index (χ0v) is 12.9. The van der Waals surface area contributed by atoms with Crippen molar-refractivity contribution in [1.29, 1.82) is 0 Å². The van der Waals surface area contributed by atoms with Gasteiger partial charge in [0, 0.05) is 12.2 Å². The van der Waals surface area contributed by atoms with Crippen LogP contribution in [0.4, 0.5) is 5.69 Å². The number of aryl methyl sites for hydroxylation is 2. The van der Waals surface area contributed by atoms with Crippen LogP contribution >= 0.6 is 0 Å². The first-order valence-electron chi connectivity index (χ1n) is 6.63. The Balaban J connectivity index is 2.23. The van der Waals surface area contributed by atoms with Gasteiger partial charge in [0.1, 0.15) is 0 Å². The minimum atomic E-state index is -3.50. The van der Waals surface area contributed by atoms with Gasteiger partial charge in [-0.2, -0.15) is 0 Å². The van der Waals surface area contributed by atoms with Crippen molar-refractivity contribution in [3.8, 4) is 0 Å². The van der Waals surface area contributed by atoms with E-state index >= 15 is 0 Å². The van der Waals surface area contributed by atoms with Crippen molar-refractivity contribution in [1.82, 2.24) is 4.98 Å². The Morgan fingerprint density at radius 3 is 2.38 bits per heavy atom. The number of pyridine rings is 1. The van der Waals surface area contributed by atoms with Crippen LogP contribution < -0.4 is 10.5 Å². The fourth-order valence-electron chi connectivity index (χ4n) is 2.10. The standard InChI is InChI=1S/C15H19N3O2S/c1-11-7-8-15(12(2)17-11)18-21(19,20)10-14-6-4-3-5-13(14)9-16/h3-8,18H,9-10,16H2,1-2H3. The molecular formula is C15H19N3O2S. The molecule has 6 heteroatoms. The summed E-state index contributed by atoms with van der Waals surface area (Å²) in [5.41, 5.74) is 9.20. The number of anilines is 1. The summed E-state index contributed by atoms with van der Waals surface area (Å²) in [4.78, 5) is 4.25. The van der Waals surface area contributed by atoms with Crippen LogP contribution in [-0.4, -0.2) is 13.4 Å². The van der Waals surface area contributed by atoms with Crippen LogP contribution in [0.2, 0.25) is 0 Å². The van der Waals surface area contributed by atoms with E-state index in [1.165, 1.54) is 0 Å². The maximum Gasteiger partial charge on any atom is 0.236 e. The van der Waals surface area contributed by atoms with E-state index in [0.717, 1.165) is 11.3 Å². The Morgan fingerprint density at radius 1 is 1.10 bits per heavy atom. The number of nitrogens with zero attached hydrogens (tertiary/aromatic N) is 1.